The fraction of sp³-hybridized carbons (Fsp3) is 0.368. The third kappa shape index (κ3) is 5.27. The second kappa shape index (κ2) is 9.18. The molecule has 0 amide bonds. The van der Waals surface area contributed by atoms with Gasteiger partial charge in [-0.3, -0.25) is 4.90 Å². The Bertz CT molecular complexity index is 607. The van der Waals surface area contributed by atoms with Crippen LogP contribution < -0.4 is 4.74 Å². The van der Waals surface area contributed by atoms with Gasteiger partial charge in [0.05, 0.1) is 13.7 Å². The van der Waals surface area contributed by atoms with Crippen LogP contribution in [0.4, 0.5) is 0 Å². The number of rotatable bonds is 10. The standard InChI is InChI=1S/C19H26N2O2/c1-4-10-20(12-13-22-2)16-18-8-6-11-21(18)15-17-7-5-9-19(14-17)23-3/h4-9,11,14H,1,10,12-13,15-16H2,2-3H3. The Balaban J connectivity index is 2.06. The molecule has 0 aliphatic heterocycles. The first-order chi connectivity index (χ1) is 11.3. The van der Waals surface area contributed by atoms with E-state index in [2.05, 4.69) is 46.5 Å². The van der Waals surface area contributed by atoms with Gasteiger partial charge in [0.2, 0.25) is 0 Å². The fourth-order valence-electron chi connectivity index (χ4n) is 2.58. The number of ether oxygens (including phenoxy) is 2. The molecule has 0 unspecified atom stereocenters. The Hall–Kier alpha value is -2.04. The van der Waals surface area contributed by atoms with E-state index in [-0.39, 0.29) is 0 Å². The van der Waals surface area contributed by atoms with Gasteiger partial charge < -0.3 is 14.0 Å². The van der Waals surface area contributed by atoms with Crippen LogP contribution in [0.3, 0.4) is 0 Å². The molecule has 0 saturated carbocycles. The zero-order valence-corrected chi connectivity index (χ0v) is 14.1. The summed E-state index contributed by atoms with van der Waals surface area (Å²) in [5.41, 5.74) is 2.51. The molecule has 124 valence electrons. The van der Waals surface area contributed by atoms with Crippen molar-refractivity contribution in [3.05, 3.63) is 66.5 Å². The average Bonchev–Trinajstić information content (AvgIpc) is 3.00. The Kier molecular flexibility index (Phi) is 6.91. The summed E-state index contributed by atoms with van der Waals surface area (Å²) in [5.74, 6) is 0.893. The van der Waals surface area contributed by atoms with Gasteiger partial charge in [-0.25, -0.2) is 0 Å². The number of hydrogen-bond donors (Lipinski definition) is 0. The minimum atomic E-state index is 0.727. The number of aromatic nitrogens is 1. The summed E-state index contributed by atoms with van der Waals surface area (Å²) < 4.78 is 12.8. The number of methoxy groups -OCH3 is 2. The van der Waals surface area contributed by atoms with Crippen molar-refractivity contribution in [1.29, 1.82) is 0 Å². The highest BCUT2D eigenvalue weighted by molar-refractivity contribution is 5.29. The third-order valence-electron chi connectivity index (χ3n) is 3.80. The SMILES string of the molecule is C=CCN(CCOC)Cc1cccn1Cc1cccc(OC)c1. The number of nitrogens with zero attached hydrogens (tertiary/aromatic N) is 2. The monoisotopic (exact) mass is 314 g/mol. The molecule has 4 heteroatoms. The molecule has 1 aromatic heterocycles. The van der Waals surface area contributed by atoms with Crippen LogP contribution >= 0.6 is 0 Å². The van der Waals surface area contributed by atoms with Crippen molar-refractivity contribution in [2.24, 2.45) is 0 Å². The van der Waals surface area contributed by atoms with Gasteiger partial charge in [-0.05, 0) is 29.8 Å². The molecular formula is C19H26N2O2. The van der Waals surface area contributed by atoms with E-state index in [1.165, 1.54) is 11.3 Å². The molecule has 23 heavy (non-hydrogen) atoms. The van der Waals surface area contributed by atoms with Gasteiger partial charge in [-0.2, -0.15) is 0 Å². The Morgan fingerprint density at radius 3 is 2.83 bits per heavy atom. The van der Waals surface area contributed by atoms with Crippen LogP contribution in [-0.2, 0) is 17.8 Å². The molecule has 1 heterocycles. The van der Waals surface area contributed by atoms with Crippen LogP contribution in [0.25, 0.3) is 0 Å². The largest absolute Gasteiger partial charge is 0.497 e. The zero-order valence-electron chi connectivity index (χ0n) is 14.1. The van der Waals surface area contributed by atoms with Crippen LogP contribution in [0.5, 0.6) is 5.75 Å². The molecule has 0 aliphatic carbocycles. The van der Waals surface area contributed by atoms with E-state index in [1.807, 2.05) is 18.2 Å². The van der Waals surface area contributed by atoms with Gasteiger partial charge in [0, 0.05) is 45.2 Å². The van der Waals surface area contributed by atoms with Crippen molar-refractivity contribution in [3.63, 3.8) is 0 Å². The molecule has 0 spiro atoms. The summed E-state index contributed by atoms with van der Waals surface area (Å²) in [6.45, 7) is 8.04. The van der Waals surface area contributed by atoms with Crippen LogP contribution in [0.15, 0.2) is 55.3 Å². The highest BCUT2D eigenvalue weighted by Crippen LogP contribution is 2.15. The Morgan fingerprint density at radius 1 is 1.22 bits per heavy atom. The van der Waals surface area contributed by atoms with Crippen LogP contribution in [-0.4, -0.2) is 43.4 Å². The molecule has 0 atom stereocenters. The van der Waals surface area contributed by atoms with E-state index in [0.717, 1.165) is 38.5 Å². The highest BCUT2D eigenvalue weighted by Gasteiger charge is 2.08. The molecule has 0 N–H and O–H groups in total. The summed E-state index contributed by atoms with van der Waals surface area (Å²) in [6.07, 6.45) is 4.06. The Labute approximate surface area is 138 Å². The van der Waals surface area contributed by atoms with Crippen LogP contribution in [0, 0.1) is 0 Å². The fourth-order valence-corrected chi connectivity index (χ4v) is 2.58. The molecule has 0 bridgehead atoms. The summed E-state index contributed by atoms with van der Waals surface area (Å²) >= 11 is 0. The maximum Gasteiger partial charge on any atom is 0.119 e. The molecular weight excluding hydrogens is 288 g/mol. The smallest absolute Gasteiger partial charge is 0.119 e. The minimum absolute atomic E-state index is 0.727. The maximum atomic E-state index is 5.30. The zero-order chi connectivity index (χ0) is 16.5. The average molecular weight is 314 g/mol. The summed E-state index contributed by atoms with van der Waals surface area (Å²) in [6, 6.07) is 12.5. The number of benzene rings is 1. The quantitative estimate of drug-likeness (QED) is 0.630. The van der Waals surface area contributed by atoms with E-state index in [1.54, 1.807) is 14.2 Å². The van der Waals surface area contributed by atoms with E-state index in [4.69, 9.17) is 9.47 Å². The first kappa shape index (κ1) is 17.3. The van der Waals surface area contributed by atoms with Crippen LogP contribution in [0.2, 0.25) is 0 Å². The van der Waals surface area contributed by atoms with Crippen molar-refractivity contribution >= 4 is 0 Å². The van der Waals surface area contributed by atoms with Gasteiger partial charge in [0.1, 0.15) is 5.75 Å². The van der Waals surface area contributed by atoms with Gasteiger partial charge in [0.25, 0.3) is 0 Å². The minimum Gasteiger partial charge on any atom is -0.497 e. The van der Waals surface area contributed by atoms with Gasteiger partial charge in [0.15, 0.2) is 0 Å². The van der Waals surface area contributed by atoms with Gasteiger partial charge >= 0.3 is 0 Å². The Morgan fingerprint density at radius 2 is 2.09 bits per heavy atom. The van der Waals surface area contributed by atoms with Crippen molar-refractivity contribution in [2.45, 2.75) is 13.1 Å². The van der Waals surface area contributed by atoms with Gasteiger partial charge in [-0.15, -0.1) is 6.58 Å². The van der Waals surface area contributed by atoms with E-state index in [0.29, 0.717) is 0 Å². The van der Waals surface area contributed by atoms with E-state index >= 15 is 0 Å². The summed E-state index contributed by atoms with van der Waals surface area (Å²) in [5, 5.41) is 0. The number of hydrogen-bond acceptors (Lipinski definition) is 3. The summed E-state index contributed by atoms with van der Waals surface area (Å²) in [7, 11) is 3.43. The second-order valence-electron chi connectivity index (χ2n) is 5.50. The third-order valence-corrected chi connectivity index (χ3v) is 3.80. The lowest BCUT2D eigenvalue weighted by atomic mass is 10.2. The topological polar surface area (TPSA) is 26.6 Å². The molecule has 1 aromatic carbocycles. The first-order valence-electron chi connectivity index (χ1n) is 7.86. The predicted octanol–water partition coefficient (Wildman–Crippen LogP) is 3.18. The molecule has 0 saturated heterocycles. The van der Waals surface area contributed by atoms with Crippen molar-refractivity contribution in [3.8, 4) is 5.75 Å². The highest BCUT2D eigenvalue weighted by atomic mass is 16.5. The van der Waals surface area contributed by atoms with Crippen molar-refractivity contribution in [2.75, 3.05) is 33.9 Å². The maximum absolute atomic E-state index is 5.30. The molecule has 4 nitrogen and oxygen atoms in total. The van der Waals surface area contributed by atoms with Crippen molar-refractivity contribution in [1.82, 2.24) is 9.47 Å². The van der Waals surface area contributed by atoms with E-state index in [9.17, 15) is 0 Å². The lowest BCUT2D eigenvalue weighted by molar-refractivity contribution is 0.150. The lowest BCUT2D eigenvalue weighted by Crippen LogP contribution is -2.28. The molecule has 0 radical (unpaired) electrons. The summed E-state index contributed by atoms with van der Waals surface area (Å²) in [4.78, 5) is 2.33. The molecule has 2 aromatic rings. The second-order valence-corrected chi connectivity index (χ2v) is 5.50. The van der Waals surface area contributed by atoms with Crippen molar-refractivity contribution < 1.29 is 9.47 Å². The normalized spacial score (nSPS) is 10.9. The molecule has 0 aliphatic rings. The lowest BCUT2D eigenvalue weighted by Gasteiger charge is -2.21. The first-order valence-corrected chi connectivity index (χ1v) is 7.86. The molecule has 2 rings (SSSR count). The molecule has 0 fully saturated rings. The van der Waals surface area contributed by atoms with Gasteiger partial charge in [-0.1, -0.05) is 18.2 Å². The van der Waals surface area contributed by atoms with Crippen LogP contribution in [0.1, 0.15) is 11.3 Å². The van der Waals surface area contributed by atoms with E-state index < -0.39 is 0 Å². The predicted molar refractivity (Wildman–Crippen MR) is 93.9 cm³/mol.